The highest BCUT2D eigenvalue weighted by atomic mass is 32.2. The maximum atomic E-state index is 12.1. The first-order valence-corrected chi connectivity index (χ1v) is 7.81. The third kappa shape index (κ3) is 1.78. The molecule has 2 amide bonds. The van der Waals surface area contributed by atoms with E-state index in [0.717, 1.165) is 30.2 Å². The predicted molar refractivity (Wildman–Crippen MR) is 69.4 cm³/mol. The number of hydrogen-bond donors (Lipinski definition) is 0. The van der Waals surface area contributed by atoms with E-state index in [9.17, 15) is 9.00 Å². The van der Waals surface area contributed by atoms with Gasteiger partial charge in [-0.1, -0.05) is 30.3 Å². The van der Waals surface area contributed by atoms with Gasteiger partial charge in [0.05, 0.1) is 0 Å². The lowest BCUT2D eigenvalue weighted by Crippen LogP contribution is -2.68. The number of rotatable bonds is 1. The molecule has 0 aromatic heterocycles. The molecule has 3 aliphatic rings. The normalized spacial score (nSPS) is 27.9. The highest BCUT2D eigenvalue weighted by Crippen LogP contribution is 2.43. The van der Waals surface area contributed by atoms with Gasteiger partial charge in [0.25, 0.3) is 0 Å². The summed E-state index contributed by atoms with van der Waals surface area (Å²) in [5.74, 6) is 1.50. The molecule has 1 spiro atoms. The van der Waals surface area contributed by atoms with Gasteiger partial charge in [-0.25, -0.2) is 9.63 Å². The predicted octanol–water partition coefficient (Wildman–Crippen LogP) is 1.12. The van der Waals surface area contributed by atoms with Crippen molar-refractivity contribution in [3.8, 4) is 0 Å². The molecule has 0 N–H and O–H groups in total. The van der Waals surface area contributed by atoms with E-state index in [0.29, 0.717) is 0 Å². The van der Waals surface area contributed by atoms with Gasteiger partial charge < -0.3 is 4.90 Å². The average Bonchev–Trinajstić information content (AvgIpc) is 3.12. The molecule has 0 saturated carbocycles. The molecular formula is C13H14N2O3S. The second-order valence-corrected chi connectivity index (χ2v) is 7.02. The Kier molecular flexibility index (Phi) is 2.29. The molecule has 3 fully saturated rings. The van der Waals surface area contributed by atoms with Crippen LogP contribution in [-0.4, -0.2) is 44.8 Å². The second-order valence-electron chi connectivity index (χ2n) is 5.56. The Bertz CT molecular complexity index is 546. The molecule has 0 radical (unpaired) electrons. The fourth-order valence-corrected chi connectivity index (χ4v) is 4.55. The van der Waals surface area contributed by atoms with Gasteiger partial charge in [0, 0.05) is 46.4 Å². The second kappa shape index (κ2) is 3.80. The number of amides is 2. The van der Waals surface area contributed by atoms with Gasteiger partial charge in [-0.2, -0.15) is 5.06 Å². The Morgan fingerprint density at radius 2 is 1.95 bits per heavy atom. The minimum absolute atomic E-state index is 0.0721. The van der Waals surface area contributed by atoms with Gasteiger partial charge >= 0.3 is 6.03 Å². The molecular weight excluding hydrogens is 264 g/mol. The lowest BCUT2D eigenvalue weighted by Gasteiger charge is -2.54. The molecule has 100 valence electrons. The van der Waals surface area contributed by atoms with Crippen LogP contribution < -0.4 is 0 Å². The van der Waals surface area contributed by atoms with Crippen molar-refractivity contribution >= 4 is 16.8 Å². The van der Waals surface area contributed by atoms with E-state index in [1.165, 1.54) is 5.06 Å². The monoisotopic (exact) mass is 278 g/mol. The van der Waals surface area contributed by atoms with Crippen LogP contribution in [0.1, 0.15) is 11.8 Å². The van der Waals surface area contributed by atoms with Crippen molar-refractivity contribution in [2.45, 2.75) is 6.23 Å². The van der Waals surface area contributed by atoms with E-state index in [-0.39, 0.29) is 17.7 Å². The number of nitrogens with zero attached hydrogens (tertiary/aromatic N) is 2. The lowest BCUT2D eigenvalue weighted by molar-refractivity contribution is 0.0361. The van der Waals surface area contributed by atoms with Crippen LogP contribution in [0.5, 0.6) is 0 Å². The molecule has 0 bridgehead atoms. The van der Waals surface area contributed by atoms with Crippen molar-refractivity contribution in [3.05, 3.63) is 35.9 Å². The molecule has 1 unspecified atom stereocenters. The smallest absolute Gasteiger partial charge is 0.321 e. The SMILES string of the molecule is O=C(N1CC2(C1)CS(=O)C2)N1OC1c1ccccc1. The van der Waals surface area contributed by atoms with E-state index in [1.54, 1.807) is 4.90 Å². The minimum Gasteiger partial charge on any atom is -0.321 e. The molecule has 6 heteroatoms. The van der Waals surface area contributed by atoms with Gasteiger partial charge in [0.15, 0.2) is 0 Å². The summed E-state index contributed by atoms with van der Waals surface area (Å²) < 4.78 is 11.1. The molecule has 0 aliphatic carbocycles. The van der Waals surface area contributed by atoms with Crippen molar-refractivity contribution in [2.24, 2.45) is 5.41 Å². The van der Waals surface area contributed by atoms with Crippen molar-refractivity contribution in [1.29, 1.82) is 0 Å². The van der Waals surface area contributed by atoms with Crippen molar-refractivity contribution in [1.82, 2.24) is 9.96 Å². The summed E-state index contributed by atoms with van der Waals surface area (Å²) >= 11 is 0. The number of carbonyl (C=O) groups is 1. The topological polar surface area (TPSA) is 52.9 Å². The highest BCUT2D eigenvalue weighted by Gasteiger charge is 2.56. The third-order valence-corrected chi connectivity index (χ3v) is 5.78. The van der Waals surface area contributed by atoms with Crippen LogP contribution in [0.4, 0.5) is 4.79 Å². The number of likely N-dealkylation sites (tertiary alicyclic amines) is 1. The molecule has 3 heterocycles. The molecule has 5 nitrogen and oxygen atoms in total. The Labute approximate surface area is 113 Å². The first-order valence-electron chi connectivity index (χ1n) is 6.32. The molecule has 1 atom stereocenters. The summed E-state index contributed by atoms with van der Waals surface area (Å²) in [4.78, 5) is 19.3. The first-order chi connectivity index (χ1) is 9.17. The van der Waals surface area contributed by atoms with Gasteiger partial charge in [0.2, 0.25) is 6.23 Å². The fourth-order valence-electron chi connectivity index (χ4n) is 2.90. The van der Waals surface area contributed by atoms with Crippen LogP contribution in [0.3, 0.4) is 0 Å². The quantitative estimate of drug-likeness (QED) is 0.723. The number of carbonyl (C=O) groups excluding carboxylic acids is 1. The molecule has 19 heavy (non-hydrogen) atoms. The van der Waals surface area contributed by atoms with Crippen LogP contribution in [0.25, 0.3) is 0 Å². The Morgan fingerprint density at radius 1 is 1.26 bits per heavy atom. The largest absolute Gasteiger partial charge is 0.346 e. The van der Waals surface area contributed by atoms with Crippen molar-refractivity contribution < 1.29 is 13.8 Å². The van der Waals surface area contributed by atoms with E-state index < -0.39 is 10.8 Å². The number of hydrogen-bond acceptors (Lipinski definition) is 3. The molecule has 3 saturated heterocycles. The Hall–Kier alpha value is -1.40. The summed E-state index contributed by atoms with van der Waals surface area (Å²) in [6.45, 7) is 1.44. The Balaban J connectivity index is 1.36. The number of hydroxylamine groups is 2. The zero-order valence-corrected chi connectivity index (χ0v) is 11.1. The van der Waals surface area contributed by atoms with Crippen molar-refractivity contribution in [2.75, 3.05) is 24.6 Å². The number of urea groups is 1. The zero-order valence-electron chi connectivity index (χ0n) is 10.3. The summed E-state index contributed by atoms with van der Waals surface area (Å²) in [6.07, 6.45) is -0.235. The molecule has 4 rings (SSSR count). The van der Waals surface area contributed by atoms with E-state index in [4.69, 9.17) is 4.84 Å². The molecule has 1 aromatic rings. The fraction of sp³-hybridized carbons (Fsp3) is 0.462. The number of benzene rings is 1. The summed E-state index contributed by atoms with van der Waals surface area (Å²) in [6, 6.07) is 9.63. The highest BCUT2D eigenvalue weighted by molar-refractivity contribution is 7.86. The van der Waals surface area contributed by atoms with Crippen LogP contribution in [0, 0.1) is 5.41 Å². The lowest BCUT2D eigenvalue weighted by atomic mass is 9.83. The van der Waals surface area contributed by atoms with Gasteiger partial charge in [-0.05, 0) is 0 Å². The minimum atomic E-state index is -0.653. The van der Waals surface area contributed by atoms with Crippen LogP contribution in [-0.2, 0) is 15.6 Å². The van der Waals surface area contributed by atoms with E-state index in [2.05, 4.69) is 0 Å². The summed E-state index contributed by atoms with van der Waals surface area (Å²) in [5, 5.41) is 1.41. The zero-order chi connectivity index (χ0) is 13.0. The third-order valence-electron chi connectivity index (χ3n) is 3.91. The maximum absolute atomic E-state index is 12.1. The summed E-state index contributed by atoms with van der Waals surface area (Å²) in [5.41, 5.74) is 1.15. The van der Waals surface area contributed by atoms with E-state index in [1.807, 2.05) is 30.3 Å². The van der Waals surface area contributed by atoms with Crippen LogP contribution in [0.2, 0.25) is 0 Å². The standard InChI is InChI=1S/C13H14N2O3S/c16-12(14-6-13(7-14)8-19(17)9-13)15-11(18-15)10-4-2-1-3-5-10/h1-5,11H,6-9H2. The Morgan fingerprint density at radius 3 is 2.58 bits per heavy atom. The molecule has 1 aromatic carbocycles. The van der Waals surface area contributed by atoms with Crippen LogP contribution in [0.15, 0.2) is 30.3 Å². The average molecular weight is 278 g/mol. The van der Waals surface area contributed by atoms with Crippen molar-refractivity contribution in [3.63, 3.8) is 0 Å². The summed E-state index contributed by atoms with van der Waals surface area (Å²) in [7, 11) is -0.653. The van der Waals surface area contributed by atoms with Crippen LogP contribution >= 0.6 is 0 Å². The molecule has 3 aliphatic heterocycles. The van der Waals surface area contributed by atoms with Gasteiger partial charge in [0.1, 0.15) is 0 Å². The first kappa shape index (κ1) is 11.4. The van der Waals surface area contributed by atoms with Gasteiger partial charge in [-0.15, -0.1) is 0 Å². The van der Waals surface area contributed by atoms with Gasteiger partial charge in [-0.3, -0.25) is 4.21 Å². The maximum Gasteiger partial charge on any atom is 0.346 e. The van der Waals surface area contributed by atoms with E-state index >= 15 is 0 Å².